The Morgan fingerprint density at radius 3 is 1.00 bits per heavy atom. The number of hydrogen-bond acceptors (Lipinski definition) is 4. The number of rotatable bonds is 12. The molecule has 0 aliphatic carbocycles. The zero-order valence-corrected chi connectivity index (χ0v) is 32.8. The van der Waals surface area contributed by atoms with Crippen LogP contribution in [0.4, 0.5) is 0 Å². The number of benzene rings is 4. The molecule has 0 spiro atoms. The van der Waals surface area contributed by atoms with Crippen LogP contribution in [0.1, 0.15) is 25.0 Å². The first-order valence-corrected chi connectivity index (χ1v) is 19.4. The molecule has 4 rings (SSSR count). The van der Waals surface area contributed by atoms with Gasteiger partial charge in [-0.3, -0.25) is 0 Å². The molecule has 0 amide bonds. The van der Waals surface area contributed by atoms with Crippen molar-refractivity contribution in [2.24, 2.45) is 0 Å². The minimum absolute atomic E-state index is 0. The van der Waals surface area contributed by atoms with Crippen LogP contribution < -0.4 is 10.6 Å². The van der Waals surface area contributed by atoms with E-state index in [4.69, 9.17) is 0 Å². The Morgan fingerprint density at radius 1 is 0.422 bits per heavy atom. The van der Waals surface area contributed by atoms with Crippen molar-refractivity contribution in [3.63, 3.8) is 0 Å². The van der Waals surface area contributed by atoms with E-state index in [1.165, 1.54) is 21.7 Å². The topological polar surface area (TPSA) is 13.0 Å². The summed E-state index contributed by atoms with van der Waals surface area (Å²) >= 11 is 0. The standard InChI is InChI=1S/C23H28NP.C13H26N3P.3ClH/c1-3-24(4-2)25(22-16-10-6-11-17-22,23-18-12-7-13-19-23)20-21-14-8-5-9-15-21;1-14(2)17(15(3)4,16(5)6)12-13-10-8-7-9-11-13;;;/h5-19,25H,3-4,20H2,1-2H3;7-11,17H,12H2,1-6H3;3*1H. The second-order valence-electron chi connectivity index (χ2n) is 11.5. The molecular formula is C36H57Cl3N4P2. The maximum absolute atomic E-state index is 2.73. The minimum Gasteiger partial charge on any atom is -0.147 e. The molecule has 0 saturated carbocycles. The van der Waals surface area contributed by atoms with Crippen molar-refractivity contribution < 1.29 is 0 Å². The van der Waals surface area contributed by atoms with Crippen molar-refractivity contribution in [3.8, 4) is 0 Å². The summed E-state index contributed by atoms with van der Waals surface area (Å²) in [6.07, 6.45) is 2.21. The van der Waals surface area contributed by atoms with Crippen LogP contribution in [-0.2, 0) is 12.3 Å². The number of halogens is 3. The van der Waals surface area contributed by atoms with Crippen LogP contribution in [-0.4, -0.2) is 74.1 Å². The van der Waals surface area contributed by atoms with Crippen molar-refractivity contribution in [1.82, 2.24) is 18.7 Å². The van der Waals surface area contributed by atoms with Crippen molar-refractivity contribution in [1.29, 1.82) is 0 Å². The second kappa shape index (κ2) is 21.3. The van der Waals surface area contributed by atoms with E-state index >= 15 is 0 Å². The largest absolute Gasteiger partial charge is 0.147 e. The van der Waals surface area contributed by atoms with Crippen molar-refractivity contribution in [3.05, 3.63) is 132 Å². The maximum atomic E-state index is 2.73. The van der Waals surface area contributed by atoms with Gasteiger partial charge in [-0.2, -0.15) is 0 Å². The fourth-order valence-electron chi connectivity index (χ4n) is 6.47. The third kappa shape index (κ3) is 10.7. The smallest absolute Gasteiger partial charge is 0.147 e. The van der Waals surface area contributed by atoms with Gasteiger partial charge in [0.2, 0.25) is 0 Å². The van der Waals surface area contributed by atoms with Crippen LogP contribution >= 0.6 is 52.3 Å². The van der Waals surface area contributed by atoms with Gasteiger partial charge in [0.1, 0.15) is 0 Å². The van der Waals surface area contributed by atoms with E-state index < -0.39 is 15.1 Å². The molecule has 45 heavy (non-hydrogen) atoms. The van der Waals surface area contributed by atoms with Gasteiger partial charge in [-0.05, 0) is 0 Å². The molecule has 0 radical (unpaired) electrons. The number of hydrogen-bond donors (Lipinski definition) is 0. The van der Waals surface area contributed by atoms with Crippen LogP contribution in [0.5, 0.6) is 0 Å². The molecule has 9 heteroatoms. The van der Waals surface area contributed by atoms with E-state index in [9.17, 15) is 0 Å². The zero-order chi connectivity index (χ0) is 30.6. The quantitative estimate of drug-likeness (QED) is 0.137. The summed E-state index contributed by atoms with van der Waals surface area (Å²) < 4.78 is 9.94. The van der Waals surface area contributed by atoms with Gasteiger partial charge < -0.3 is 0 Å². The molecule has 0 fully saturated rings. The van der Waals surface area contributed by atoms with Crippen LogP contribution in [0.2, 0.25) is 0 Å². The van der Waals surface area contributed by atoms with E-state index in [0.29, 0.717) is 0 Å². The van der Waals surface area contributed by atoms with Gasteiger partial charge in [0.25, 0.3) is 0 Å². The molecule has 0 N–H and O–H groups in total. The second-order valence-corrected chi connectivity index (χ2v) is 20.0. The molecular weight excluding hydrogens is 657 g/mol. The molecule has 0 aliphatic heterocycles. The molecule has 0 saturated heterocycles. The molecule has 0 heterocycles. The summed E-state index contributed by atoms with van der Waals surface area (Å²) in [5.74, 6) is 0. The van der Waals surface area contributed by atoms with Gasteiger partial charge >= 0.3 is 258 Å². The van der Waals surface area contributed by atoms with Crippen molar-refractivity contribution >= 4 is 63.0 Å². The predicted octanol–water partition coefficient (Wildman–Crippen LogP) is 8.48. The van der Waals surface area contributed by atoms with Gasteiger partial charge in [-0.15, -0.1) is 37.2 Å². The van der Waals surface area contributed by atoms with Gasteiger partial charge in [0, 0.05) is 0 Å². The van der Waals surface area contributed by atoms with Crippen LogP contribution in [0.15, 0.2) is 121 Å². The molecule has 0 aliphatic rings. The Labute approximate surface area is 294 Å². The summed E-state index contributed by atoms with van der Waals surface area (Å²) in [5, 5.41) is 2.99. The Morgan fingerprint density at radius 2 is 0.711 bits per heavy atom. The molecule has 252 valence electrons. The fraction of sp³-hybridized carbons (Fsp3) is 0.333. The minimum atomic E-state index is -2.08. The summed E-state index contributed by atoms with van der Waals surface area (Å²) in [7, 11) is 9.28. The Hall–Kier alpha value is -1.55. The monoisotopic (exact) mass is 712 g/mol. The summed E-state index contributed by atoms with van der Waals surface area (Å²) in [6, 6.07) is 44.1. The van der Waals surface area contributed by atoms with Crippen molar-refractivity contribution in [2.75, 3.05) is 55.4 Å². The van der Waals surface area contributed by atoms with E-state index in [1.807, 2.05) is 0 Å². The Balaban J connectivity index is 0.000000861. The SMILES string of the molecule is CCN(CC)[PH](Cc1ccccc1)(c1ccccc1)c1ccccc1.CN(C)[PH](Cc1ccccc1)(N(C)C)N(C)C.Cl.Cl.Cl. The molecule has 0 aromatic heterocycles. The van der Waals surface area contributed by atoms with Crippen molar-refractivity contribution in [2.45, 2.75) is 26.2 Å². The number of nitrogens with zero attached hydrogens (tertiary/aromatic N) is 4. The summed E-state index contributed by atoms with van der Waals surface area (Å²) in [5.41, 5.74) is 2.84. The Bertz CT molecular complexity index is 1230. The van der Waals surface area contributed by atoms with E-state index in [2.05, 4.69) is 196 Å². The van der Waals surface area contributed by atoms with Gasteiger partial charge in [-0.1, -0.05) is 0 Å². The average Bonchev–Trinajstić information content (AvgIpc) is 3.01. The molecule has 4 aromatic carbocycles. The normalized spacial score (nSPS) is 12.0. The van der Waals surface area contributed by atoms with E-state index in [1.54, 1.807) is 0 Å². The summed E-state index contributed by atoms with van der Waals surface area (Å²) in [4.78, 5) is 0. The molecule has 0 atom stereocenters. The molecule has 4 nitrogen and oxygen atoms in total. The predicted molar refractivity (Wildman–Crippen MR) is 215 cm³/mol. The first-order valence-electron chi connectivity index (χ1n) is 15.2. The van der Waals surface area contributed by atoms with Crippen LogP contribution in [0.25, 0.3) is 0 Å². The van der Waals surface area contributed by atoms with Crippen LogP contribution in [0, 0.1) is 0 Å². The van der Waals surface area contributed by atoms with E-state index in [0.717, 1.165) is 25.4 Å². The van der Waals surface area contributed by atoms with E-state index in [-0.39, 0.29) is 37.2 Å². The third-order valence-corrected chi connectivity index (χ3v) is 18.9. The molecule has 0 unspecified atom stereocenters. The average molecular weight is 714 g/mol. The Kier molecular flexibility index (Phi) is 20.6. The summed E-state index contributed by atoms with van der Waals surface area (Å²) in [6.45, 7) is 6.73. The van der Waals surface area contributed by atoms with Gasteiger partial charge in [-0.25, -0.2) is 0 Å². The zero-order valence-electron chi connectivity index (χ0n) is 28.4. The molecule has 0 bridgehead atoms. The third-order valence-electron chi connectivity index (χ3n) is 8.54. The van der Waals surface area contributed by atoms with Gasteiger partial charge in [0.15, 0.2) is 0 Å². The first-order chi connectivity index (χ1) is 20.2. The maximum Gasteiger partial charge on any atom is -0.147 e. The van der Waals surface area contributed by atoms with Gasteiger partial charge in [0.05, 0.1) is 0 Å². The first kappa shape index (κ1) is 43.5. The molecule has 4 aromatic rings. The van der Waals surface area contributed by atoms with Crippen LogP contribution in [0.3, 0.4) is 0 Å². The fourth-order valence-corrected chi connectivity index (χ4v) is 15.7.